The van der Waals surface area contributed by atoms with Gasteiger partial charge in [0.1, 0.15) is 18.1 Å². The van der Waals surface area contributed by atoms with Crippen molar-refractivity contribution in [3.8, 4) is 11.5 Å². The van der Waals surface area contributed by atoms with E-state index in [1.165, 1.54) is 11.3 Å². The van der Waals surface area contributed by atoms with Crippen LogP contribution in [0.3, 0.4) is 0 Å². The van der Waals surface area contributed by atoms with E-state index < -0.39 is 0 Å². The monoisotopic (exact) mass is 498 g/mol. The summed E-state index contributed by atoms with van der Waals surface area (Å²) in [6, 6.07) is 22.4. The standard InChI is InChI=1S/C25H20Cl2N2O3S/c26-19-6-11-23(27)18(12-19)13-22-14-28-25(33-22)29-24(30)16-32-21-9-7-20(8-10-21)31-15-17-4-2-1-3-5-17/h1-12,14H,13,15-16H2,(H,28,29,30). The summed E-state index contributed by atoms with van der Waals surface area (Å²) in [5.41, 5.74) is 2.00. The van der Waals surface area contributed by atoms with E-state index in [0.29, 0.717) is 34.0 Å². The lowest BCUT2D eigenvalue weighted by atomic mass is 10.1. The highest BCUT2D eigenvalue weighted by atomic mass is 35.5. The predicted octanol–water partition coefficient (Wildman–Crippen LogP) is 6.64. The third kappa shape index (κ3) is 6.96. The van der Waals surface area contributed by atoms with Crippen molar-refractivity contribution in [3.63, 3.8) is 0 Å². The molecule has 0 atom stereocenters. The molecule has 0 fully saturated rings. The number of nitrogens with one attached hydrogen (secondary N) is 1. The van der Waals surface area contributed by atoms with Crippen LogP contribution in [0.5, 0.6) is 11.5 Å². The van der Waals surface area contributed by atoms with Gasteiger partial charge in [-0.3, -0.25) is 10.1 Å². The van der Waals surface area contributed by atoms with Crippen molar-refractivity contribution in [1.82, 2.24) is 4.98 Å². The molecule has 0 unspecified atom stereocenters. The number of hydrogen-bond acceptors (Lipinski definition) is 5. The fourth-order valence-electron chi connectivity index (χ4n) is 2.99. The number of carbonyl (C=O) groups is 1. The fraction of sp³-hybridized carbons (Fsp3) is 0.120. The first-order chi connectivity index (χ1) is 16.0. The Morgan fingerprint density at radius 3 is 2.42 bits per heavy atom. The van der Waals surface area contributed by atoms with E-state index >= 15 is 0 Å². The molecule has 1 N–H and O–H groups in total. The molecule has 33 heavy (non-hydrogen) atoms. The number of amides is 1. The molecule has 0 spiro atoms. The summed E-state index contributed by atoms with van der Waals surface area (Å²) in [4.78, 5) is 17.5. The minimum Gasteiger partial charge on any atom is -0.489 e. The zero-order chi connectivity index (χ0) is 23.0. The van der Waals surface area contributed by atoms with E-state index in [0.717, 1.165) is 21.8 Å². The molecule has 8 heteroatoms. The Morgan fingerprint density at radius 1 is 0.939 bits per heavy atom. The molecule has 0 saturated heterocycles. The van der Waals surface area contributed by atoms with Crippen molar-refractivity contribution in [1.29, 1.82) is 0 Å². The van der Waals surface area contributed by atoms with Gasteiger partial charge >= 0.3 is 0 Å². The summed E-state index contributed by atoms with van der Waals surface area (Å²) in [7, 11) is 0. The zero-order valence-electron chi connectivity index (χ0n) is 17.5. The second kappa shape index (κ2) is 11.2. The van der Waals surface area contributed by atoms with Crippen LogP contribution in [0.1, 0.15) is 16.0 Å². The van der Waals surface area contributed by atoms with Crippen molar-refractivity contribution in [3.05, 3.63) is 105 Å². The number of benzene rings is 3. The topological polar surface area (TPSA) is 60.5 Å². The molecule has 168 valence electrons. The lowest BCUT2D eigenvalue weighted by molar-refractivity contribution is -0.118. The number of anilines is 1. The Bertz CT molecular complexity index is 1210. The maximum atomic E-state index is 12.2. The van der Waals surface area contributed by atoms with Gasteiger partial charge in [0.05, 0.1) is 0 Å². The third-order valence-corrected chi connectivity index (χ3v) is 6.13. The predicted molar refractivity (Wildman–Crippen MR) is 133 cm³/mol. The molecule has 4 aromatic rings. The molecule has 0 aliphatic rings. The molecule has 1 aromatic heterocycles. The lowest BCUT2D eigenvalue weighted by Gasteiger charge is -2.08. The highest BCUT2D eigenvalue weighted by Crippen LogP contribution is 2.27. The van der Waals surface area contributed by atoms with Crippen LogP contribution in [0.4, 0.5) is 5.13 Å². The molecule has 1 amide bonds. The molecule has 0 bridgehead atoms. The van der Waals surface area contributed by atoms with E-state index in [4.69, 9.17) is 32.7 Å². The van der Waals surface area contributed by atoms with Gasteiger partial charge in [-0.25, -0.2) is 4.98 Å². The van der Waals surface area contributed by atoms with E-state index in [1.807, 2.05) is 48.5 Å². The molecule has 1 heterocycles. The molecular formula is C25H20Cl2N2O3S. The lowest BCUT2D eigenvalue weighted by Crippen LogP contribution is -2.19. The van der Waals surface area contributed by atoms with E-state index in [-0.39, 0.29) is 12.5 Å². The highest BCUT2D eigenvalue weighted by Gasteiger charge is 2.10. The van der Waals surface area contributed by atoms with Gasteiger partial charge in [-0.1, -0.05) is 53.5 Å². The van der Waals surface area contributed by atoms with Crippen molar-refractivity contribution in [2.75, 3.05) is 11.9 Å². The second-order valence-corrected chi connectivity index (χ2v) is 9.09. The average Bonchev–Trinajstić information content (AvgIpc) is 3.26. The molecular weight excluding hydrogens is 479 g/mol. The van der Waals surface area contributed by atoms with Crippen LogP contribution in [0.25, 0.3) is 0 Å². The van der Waals surface area contributed by atoms with Crippen LogP contribution in [-0.2, 0) is 17.8 Å². The number of carbonyl (C=O) groups excluding carboxylic acids is 1. The molecule has 0 radical (unpaired) electrons. The van der Waals surface area contributed by atoms with Gasteiger partial charge in [0.2, 0.25) is 0 Å². The van der Waals surface area contributed by atoms with E-state index in [2.05, 4.69) is 10.3 Å². The summed E-state index contributed by atoms with van der Waals surface area (Å²) in [5, 5.41) is 4.52. The van der Waals surface area contributed by atoms with Gasteiger partial charge in [-0.2, -0.15) is 0 Å². The van der Waals surface area contributed by atoms with Crippen LogP contribution in [0, 0.1) is 0 Å². The molecule has 4 rings (SSSR count). The maximum Gasteiger partial charge on any atom is 0.264 e. The number of rotatable bonds is 9. The number of thiazole rings is 1. The number of halogens is 2. The number of hydrogen-bond donors (Lipinski definition) is 1. The van der Waals surface area contributed by atoms with Crippen LogP contribution in [-0.4, -0.2) is 17.5 Å². The smallest absolute Gasteiger partial charge is 0.264 e. The van der Waals surface area contributed by atoms with Gasteiger partial charge in [-0.05, 0) is 53.6 Å². The summed E-state index contributed by atoms with van der Waals surface area (Å²) in [6.45, 7) is 0.363. The fourth-order valence-corrected chi connectivity index (χ4v) is 4.22. The Labute approximate surface area is 205 Å². The zero-order valence-corrected chi connectivity index (χ0v) is 19.8. The first-order valence-electron chi connectivity index (χ1n) is 10.1. The maximum absolute atomic E-state index is 12.2. The van der Waals surface area contributed by atoms with Gasteiger partial charge in [0, 0.05) is 27.5 Å². The van der Waals surface area contributed by atoms with Gasteiger partial charge < -0.3 is 9.47 Å². The van der Waals surface area contributed by atoms with Gasteiger partial charge in [0.25, 0.3) is 5.91 Å². The molecule has 3 aromatic carbocycles. The second-order valence-electron chi connectivity index (χ2n) is 7.13. The normalized spacial score (nSPS) is 10.6. The number of nitrogens with zero attached hydrogens (tertiary/aromatic N) is 1. The quantitative estimate of drug-likeness (QED) is 0.281. The Morgan fingerprint density at radius 2 is 1.67 bits per heavy atom. The number of aromatic nitrogens is 1. The Balaban J connectivity index is 1.23. The minimum absolute atomic E-state index is 0.126. The first kappa shape index (κ1) is 23.1. The first-order valence-corrected chi connectivity index (χ1v) is 11.7. The highest BCUT2D eigenvalue weighted by molar-refractivity contribution is 7.15. The van der Waals surface area contributed by atoms with E-state index in [9.17, 15) is 4.79 Å². The SMILES string of the molecule is O=C(COc1ccc(OCc2ccccc2)cc1)Nc1ncc(Cc2cc(Cl)ccc2Cl)s1. The van der Waals surface area contributed by atoms with E-state index in [1.54, 1.807) is 30.5 Å². The van der Waals surface area contributed by atoms with Gasteiger partial charge in [-0.15, -0.1) is 11.3 Å². The molecule has 0 aliphatic carbocycles. The molecule has 0 saturated carbocycles. The Kier molecular flexibility index (Phi) is 7.83. The summed E-state index contributed by atoms with van der Waals surface area (Å²) in [5.74, 6) is 1.01. The summed E-state index contributed by atoms with van der Waals surface area (Å²) >= 11 is 13.6. The van der Waals surface area contributed by atoms with Crippen molar-refractivity contribution in [2.24, 2.45) is 0 Å². The van der Waals surface area contributed by atoms with Crippen molar-refractivity contribution >= 4 is 45.6 Å². The van der Waals surface area contributed by atoms with Crippen LogP contribution in [0.2, 0.25) is 10.0 Å². The van der Waals surface area contributed by atoms with Gasteiger partial charge in [0.15, 0.2) is 11.7 Å². The Hall–Kier alpha value is -3.06. The van der Waals surface area contributed by atoms with Crippen LogP contribution < -0.4 is 14.8 Å². The number of ether oxygens (including phenoxy) is 2. The average molecular weight is 499 g/mol. The van der Waals surface area contributed by atoms with Crippen LogP contribution >= 0.6 is 34.5 Å². The molecule has 5 nitrogen and oxygen atoms in total. The summed E-state index contributed by atoms with van der Waals surface area (Å²) in [6.07, 6.45) is 2.30. The third-order valence-electron chi connectivity index (χ3n) is 4.61. The van der Waals surface area contributed by atoms with Crippen molar-refractivity contribution < 1.29 is 14.3 Å². The summed E-state index contributed by atoms with van der Waals surface area (Å²) < 4.78 is 11.3. The molecule has 0 aliphatic heterocycles. The largest absolute Gasteiger partial charge is 0.489 e. The van der Waals surface area contributed by atoms with Crippen LogP contribution in [0.15, 0.2) is 79.0 Å². The minimum atomic E-state index is -0.291. The van der Waals surface area contributed by atoms with Crippen molar-refractivity contribution in [2.45, 2.75) is 13.0 Å².